The third-order valence-electron chi connectivity index (χ3n) is 4.48. The molecule has 21 heavy (non-hydrogen) atoms. The van der Waals surface area contributed by atoms with E-state index in [1.54, 1.807) is 0 Å². The van der Waals surface area contributed by atoms with E-state index in [2.05, 4.69) is 0 Å². The Balaban J connectivity index is 2.43. The lowest BCUT2D eigenvalue weighted by atomic mass is 9.70. The zero-order valence-corrected chi connectivity index (χ0v) is 12.6. The van der Waals surface area contributed by atoms with Crippen LogP contribution in [0.5, 0.6) is 0 Å². The van der Waals surface area contributed by atoms with Crippen molar-refractivity contribution in [3.63, 3.8) is 0 Å². The zero-order chi connectivity index (χ0) is 15.3. The lowest BCUT2D eigenvalue weighted by Gasteiger charge is -2.33. The Hall–Kier alpha value is -1.84. The van der Waals surface area contributed by atoms with E-state index in [1.807, 2.05) is 30.3 Å². The summed E-state index contributed by atoms with van der Waals surface area (Å²) in [5.41, 5.74) is -0.276. The number of ether oxygens (including phenoxy) is 2. The highest BCUT2D eigenvalue weighted by molar-refractivity contribution is 6.00. The molecule has 1 aliphatic rings. The topological polar surface area (TPSA) is 52.6 Å². The second-order valence-corrected chi connectivity index (χ2v) is 5.60. The first-order chi connectivity index (χ1) is 10.1. The van der Waals surface area contributed by atoms with E-state index < -0.39 is 17.4 Å². The Labute approximate surface area is 125 Å². The summed E-state index contributed by atoms with van der Waals surface area (Å²) >= 11 is 0. The van der Waals surface area contributed by atoms with E-state index in [-0.39, 0.29) is 5.92 Å². The molecule has 4 heteroatoms. The minimum Gasteiger partial charge on any atom is -0.468 e. The number of carbonyl (C=O) groups excluding carboxylic acids is 2. The lowest BCUT2D eigenvalue weighted by molar-refractivity contribution is -0.173. The summed E-state index contributed by atoms with van der Waals surface area (Å²) in [6.45, 7) is 0. The summed E-state index contributed by atoms with van der Waals surface area (Å²) in [6.07, 6.45) is 4.12. The molecule has 0 heterocycles. The first-order valence-electron chi connectivity index (χ1n) is 7.36. The van der Waals surface area contributed by atoms with E-state index in [0.29, 0.717) is 6.42 Å². The average Bonchev–Trinajstić information content (AvgIpc) is 3.06. The van der Waals surface area contributed by atoms with Gasteiger partial charge in [-0.05, 0) is 30.7 Å². The van der Waals surface area contributed by atoms with Gasteiger partial charge in [-0.25, -0.2) is 0 Å². The summed E-state index contributed by atoms with van der Waals surface area (Å²) in [4.78, 5) is 25.0. The van der Waals surface area contributed by atoms with Crippen molar-refractivity contribution in [3.05, 3.63) is 35.9 Å². The molecule has 0 atom stereocenters. The monoisotopic (exact) mass is 290 g/mol. The summed E-state index contributed by atoms with van der Waals surface area (Å²) in [6, 6.07) is 9.58. The lowest BCUT2D eigenvalue weighted by Crippen LogP contribution is -2.48. The first-order valence-corrected chi connectivity index (χ1v) is 7.36. The third-order valence-corrected chi connectivity index (χ3v) is 4.48. The Kier molecular flexibility index (Phi) is 4.99. The predicted octanol–water partition coefficient (Wildman–Crippen LogP) is 2.75. The summed E-state index contributed by atoms with van der Waals surface area (Å²) < 4.78 is 9.97. The van der Waals surface area contributed by atoms with Crippen LogP contribution in [0.1, 0.15) is 31.2 Å². The molecular weight excluding hydrogens is 268 g/mol. The van der Waals surface area contributed by atoms with Crippen LogP contribution in [-0.4, -0.2) is 26.2 Å². The number of benzene rings is 1. The minimum atomic E-state index is -1.22. The van der Waals surface area contributed by atoms with Crippen LogP contribution in [0.2, 0.25) is 0 Å². The van der Waals surface area contributed by atoms with Gasteiger partial charge in [-0.3, -0.25) is 9.59 Å². The molecule has 0 N–H and O–H groups in total. The molecule has 1 aromatic rings. The molecule has 0 spiro atoms. The maximum atomic E-state index is 12.5. The standard InChI is InChI=1S/C17H22O4/c1-20-15(18)17(16(19)21-2,14-10-6-7-11-14)12-13-8-4-3-5-9-13/h3-5,8-9,14H,6-7,10-12H2,1-2H3. The molecule has 114 valence electrons. The van der Waals surface area contributed by atoms with E-state index in [1.165, 1.54) is 14.2 Å². The molecule has 0 aromatic heterocycles. The van der Waals surface area contributed by atoms with Gasteiger partial charge < -0.3 is 9.47 Å². The number of hydrogen-bond acceptors (Lipinski definition) is 4. The van der Waals surface area contributed by atoms with Crippen LogP contribution in [0.15, 0.2) is 30.3 Å². The smallest absolute Gasteiger partial charge is 0.323 e. The quantitative estimate of drug-likeness (QED) is 0.618. The van der Waals surface area contributed by atoms with E-state index in [0.717, 1.165) is 31.2 Å². The average molecular weight is 290 g/mol. The van der Waals surface area contributed by atoms with Crippen molar-refractivity contribution in [2.24, 2.45) is 11.3 Å². The molecule has 0 amide bonds. The summed E-state index contributed by atoms with van der Waals surface area (Å²) in [7, 11) is 2.67. The minimum absolute atomic E-state index is 0.0161. The zero-order valence-electron chi connectivity index (χ0n) is 12.6. The fourth-order valence-corrected chi connectivity index (χ4v) is 3.41. The van der Waals surface area contributed by atoms with Crippen LogP contribution >= 0.6 is 0 Å². The molecule has 0 saturated heterocycles. The molecule has 1 fully saturated rings. The van der Waals surface area contributed by atoms with Crippen molar-refractivity contribution in [1.82, 2.24) is 0 Å². The number of rotatable bonds is 5. The second-order valence-electron chi connectivity index (χ2n) is 5.60. The SMILES string of the molecule is COC(=O)C(Cc1ccccc1)(C(=O)OC)C1CCCC1. The van der Waals surface area contributed by atoms with Gasteiger partial charge in [0.15, 0.2) is 5.41 Å². The highest BCUT2D eigenvalue weighted by atomic mass is 16.5. The maximum Gasteiger partial charge on any atom is 0.323 e. The van der Waals surface area contributed by atoms with Gasteiger partial charge >= 0.3 is 11.9 Å². The van der Waals surface area contributed by atoms with Gasteiger partial charge in [0.25, 0.3) is 0 Å². The summed E-state index contributed by atoms with van der Waals surface area (Å²) in [5, 5.41) is 0. The van der Waals surface area contributed by atoms with Crippen LogP contribution < -0.4 is 0 Å². The van der Waals surface area contributed by atoms with Gasteiger partial charge in [-0.15, -0.1) is 0 Å². The largest absolute Gasteiger partial charge is 0.468 e. The molecule has 4 nitrogen and oxygen atoms in total. The van der Waals surface area contributed by atoms with Crippen LogP contribution in [0.4, 0.5) is 0 Å². The molecule has 2 rings (SSSR count). The van der Waals surface area contributed by atoms with Crippen molar-refractivity contribution < 1.29 is 19.1 Å². The number of esters is 2. The van der Waals surface area contributed by atoms with Gasteiger partial charge in [0.1, 0.15) is 0 Å². The van der Waals surface area contributed by atoms with E-state index >= 15 is 0 Å². The van der Waals surface area contributed by atoms with Gasteiger partial charge in [0.2, 0.25) is 0 Å². The van der Waals surface area contributed by atoms with Gasteiger partial charge in [0, 0.05) is 0 Å². The van der Waals surface area contributed by atoms with Crippen LogP contribution in [-0.2, 0) is 25.5 Å². The second kappa shape index (κ2) is 6.74. The molecule has 0 bridgehead atoms. The van der Waals surface area contributed by atoms with Crippen LogP contribution in [0, 0.1) is 11.3 Å². The van der Waals surface area contributed by atoms with Crippen molar-refractivity contribution in [3.8, 4) is 0 Å². The van der Waals surface area contributed by atoms with Crippen LogP contribution in [0.3, 0.4) is 0 Å². The fraction of sp³-hybridized carbons (Fsp3) is 0.529. The predicted molar refractivity (Wildman–Crippen MR) is 78.6 cm³/mol. The molecule has 1 aliphatic carbocycles. The Bertz CT molecular complexity index is 473. The van der Waals surface area contributed by atoms with Crippen molar-refractivity contribution in [2.75, 3.05) is 14.2 Å². The van der Waals surface area contributed by atoms with Crippen molar-refractivity contribution in [2.45, 2.75) is 32.1 Å². The highest BCUT2D eigenvalue weighted by Crippen LogP contribution is 2.44. The first kappa shape index (κ1) is 15.5. The molecule has 1 aromatic carbocycles. The third kappa shape index (κ3) is 2.94. The van der Waals surface area contributed by atoms with Crippen LogP contribution in [0.25, 0.3) is 0 Å². The van der Waals surface area contributed by atoms with Crippen molar-refractivity contribution >= 4 is 11.9 Å². The van der Waals surface area contributed by atoms with E-state index in [4.69, 9.17) is 9.47 Å². The molecule has 0 radical (unpaired) electrons. The van der Waals surface area contributed by atoms with Gasteiger partial charge in [-0.2, -0.15) is 0 Å². The summed E-state index contributed by atoms with van der Waals surface area (Å²) in [5.74, 6) is -0.979. The van der Waals surface area contributed by atoms with Crippen molar-refractivity contribution in [1.29, 1.82) is 0 Å². The van der Waals surface area contributed by atoms with Gasteiger partial charge in [-0.1, -0.05) is 43.2 Å². The maximum absolute atomic E-state index is 12.5. The molecule has 0 unspecified atom stereocenters. The van der Waals surface area contributed by atoms with Gasteiger partial charge in [0.05, 0.1) is 14.2 Å². The Morgan fingerprint density at radius 2 is 1.57 bits per heavy atom. The van der Waals surface area contributed by atoms with E-state index in [9.17, 15) is 9.59 Å². The normalized spacial score (nSPS) is 15.7. The number of methoxy groups -OCH3 is 2. The molecule has 1 saturated carbocycles. The Morgan fingerprint density at radius 1 is 1.05 bits per heavy atom. The fourth-order valence-electron chi connectivity index (χ4n) is 3.41. The Morgan fingerprint density at radius 3 is 2.05 bits per heavy atom. The number of hydrogen-bond donors (Lipinski definition) is 0. The molecule has 0 aliphatic heterocycles. The highest BCUT2D eigenvalue weighted by Gasteiger charge is 2.54. The number of carbonyl (C=O) groups is 2. The molecular formula is C17H22O4.